The van der Waals surface area contributed by atoms with Crippen LogP contribution in [-0.2, 0) is 11.2 Å². The number of benzene rings is 1. The molecule has 39 heavy (non-hydrogen) atoms. The molecule has 0 spiro atoms. The van der Waals surface area contributed by atoms with Crippen LogP contribution in [-0.4, -0.2) is 72.0 Å². The van der Waals surface area contributed by atoms with E-state index in [-0.39, 0.29) is 11.0 Å². The summed E-state index contributed by atoms with van der Waals surface area (Å²) in [5.74, 6) is 0.536. The number of rotatable bonds is 13. The van der Waals surface area contributed by atoms with Crippen molar-refractivity contribution in [2.45, 2.75) is 99.5 Å². The molecular formula is C33H55N5O. The lowest BCUT2D eigenvalue weighted by molar-refractivity contribution is -0.0525. The lowest BCUT2D eigenvalue weighted by Crippen LogP contribution is -2.48. The number of hydrogen-bond acceptors (Lipinski definition) is 6. The third kappa shape index (κ3) is 10.1. The van der Waals surface area contributed by atoms with Crippen molar-refractivity contribution in [2.75, 3.05) is 51.6 Å². The zero-order chi connectivity index (χ0) is 28.6. The number of fused-ring (bicyclic) bond motifs is 1. The van der Waals surface area contributed by atoms with Crippen LogP contribution in [0.2, 0.25) is 0 Å². The van der Waals surface area contributed by atoms with Crippen molar-refractivity contribution in [3.8, 4) is 0 Å². The van der Waals surface area contributed by atoms with E-state index in [9.17, 15) is 0 Å². The van der Waals surface area contributed by atoms with Crippen molar-refractivity contribution in [2.24, 2.45) is 10.4 Å². The summed E-state index contributed by atoms with van der Waals surface area (Å²) in [7, 11) is 0. The van der Waals surface area contributed by atoms with Gasteiger partial charge in [-0.05, 0) is 89.0 Å². The number of nitrogen functional groups attached to an aromatic ring is 1. The molecule has 2 heterocycles. The van der Waals surface area contributed by atoms with Crippen LogP contribution >= 0.6 is 0 Å². The normalized spacial score (nSPS) is 16.4. The van der Waals surface area contributed by atoms with E-state index in [1.807, 2.05) is 0 Å². The van der Waals surface area contributed by atoms with Gasteiger partial charge in [-0.15, -0.1) is 0 Å². The molecule has 218 valence electrons. The predicted molar refractivity (Wildman–Crippen MR) is 168 cm³/mol. The molecule has 0 radical (unpaired) electrons. The number of aryl methyl sites for hydroxylation is 2. The molecule has 1 fully saturated rings. The Kier molecular flexibility index (Phi) is 11.3. The average Bonchev–Trinajstić information content (AvgIpc) is 2.84. The van der Waals surface area contributed by atoms with E-state index >= 15 is 0 Å². The maximum atomic E-state index is 6.36. The molecule has 0 amide bonds. The lowest BCUT2D eigenvalue weighted by atomic mass is 9.84. The summed E-state index contributed by atoms with van der Waals surface area (Å²) in [6.07, 6.45) is 6.61. The first-order valence-corrected chi connectivity index (χ1v) is 15.2. The first-order chi connectivity index (χ1) is 18.4. The number of nitrogens with two attached hydrogens (primary N) is 1. The fraction of sp³-hybridized carbons (Fsp3) is 0.697. The molecule has 6 nitrogen and oxygen atoms in total. The van der Waals surface area contributed by atoms with Gasteiger partial charge in [0.1, 0.15) is 11.5 Å². The van der Waals surface area contributed by atoms with Gasteiger partial charge in [0.05, 0.1) is 17.7 Å². The minimum Gasteiger partial charge on any atom is -0.382 e. The molecule has 1 saturated heterocycles. The molecule has 1 aliphatic heterocycles. The van der Waals surface area contributed by atoms with Gasteiger partial charge in [-0.25, -0.2) is 4.98 Å². The molecule has 0 unspecified atom stereocenters. The van der Waals surface area contributed by atoms with E-state index in [1.165, 1.54) is 12.0 Å². The van der Waals surface area contributed by atoms with Gasteiger partial charge >= 0.3 is 0 Å². The van der Waals surface area contributed by atoms with Crippen LogP contribution < -0.4 is 5.73 Å². The number of hydrogen-bond donors (Lipinski definition) is 1. The van der Waals surface area contributed by atoms with Gasteiger partial charge in [0, 0.05) is 43.8 Å². The third-order valence-electron chi connectivity index (χ3n) is 7.76. The van der Waals surface area contributed by atoms with Gasteiger partial charge < -0.3 is 15.4 Å². The van der Waals surface area contributed by atoms with Crippen LogP contribution in [0, 0.1) is 12.3 Å². The standard InChI is InChI=1S/C33H55N5O/c1-9-10-12-25(2)35-30-26(3)28-15-14-27(23-29(28)36-31(30)34)13-11-16-37-17-19-38(20-18-37)21-22-39-33(7,8)24-32(4,5)6/h14-15,23H,9-13,16-22,24H2,1-8H3,(H2,34,36). The summed E-state index contributed by atoms with van der Waals surface area (Å²) in [4.78, 5) is 14.7. The van der Waals surface area contributed by atoms with E-state index in [0.717, 1.165) is 106 Å². The maximum Gasteiger partial charge on any atom is 0.150 e. The van der Waals surface area contributed by atoms with Gasteiger partial charge in [-0.1, -0.05) is 46.2 Å². The minimum absolute atomic E-state index is 0.0632. The number of ether oxygens (including phenoxy) is 1. The second-order valence-electron chi connectivity index (χ2n) is 13.4. The maximum absolute atomic E-state index is 6.36. The number of nitrogens with zero attached hydrogens (tertiary/aromatic N) is 4. The first-order valence-electron chi connectivity index (χ1n) is 15.2. The van der Waals surface area contributed by atoms with Crippen molar-refractivity contribution in [3.05, 3.63) is 29.3 Å². The van der Waals surface area contributed by atoms with E-state index < -0.39 is 0 Å². The second kappa shape index (κ2) is 14.0. The van der Waals surface area contributed by atoms with Gasteiger partial charge in [-0.2, -0.15) is 0 Å². The molecule has 1 aliphatic rings. The summed E-state index contributed by atoms with van der Waals surface area (Å²) in [5.41, 5.74) is 12.0. The fourth-order valence-electron chi connectivity index (χ4n) is 5.99. The highest BCUT2D eigenvalue weighted by atomic mass is 16.5. The molecule has 2 aromatic rings. The van der Waals surface area contributed by atoms with Gasteiger partial charge in [0.25, 0.3) is 0 Å². The molecule has 0 aliphatic carbocycles. The number of aromatic nitrogens is 1. The Morgan fingerprint density at radius 1 is 1.03 bits per heavy atom. The highest BCUT2D eigenvalue weighted by molar-refractivity contribution is 5.93. The van der Waals surface area contributed by atoms with Gasteiger partial charge in [0.15, 0.2) is 0 Å². The molecule has 1 aromatic carbocycles. The summed E-state index contributed by atoms with van der Waals surface area (Å²) >= 11 is 0. The van der Waals surface area contributed by atoms with E-state index in [4.69, 9.17) is 20.4 Å². The Bertz CT molecular complexity index is 1090. The van der Waals surface area contributed by atoms with E-state index in [1.54, 1.807) is 0 Å². The summed E-state index contributed by atoms with van der Waals surface area (Å²) in [6.45, 7) is 25.2. The smallest absolute Gasteiger partial charge is 0.150 e. The summed E-state index contributed by atoms with van der Waals surface area (Å²) < 4.78 is 6.26. The topological polar surface area (TPSA) is 67.0 Å². The Balaban J connectivity index is 1.45. The third-order valence-corrected chi connectivity index (χ3v) is 7.76. The highest BCUT2D eigenvalue weighted by Crippen LogP contribution is 2.32. The zero-order valence-corrected chi connectivity index (χ0v) is 26.2. The highest BCUT2D eigenvalue weighted by Gasteiger charge is 2.26. The molecule has 0 atom stereocenters. The number of anilines is 1. The molecular weight excluding hydrogens is 482 g/mol. The van der Waals surface area contributed by atoms with Gasteiger partial charge in [0.2, 0.25) is 0 Å². The van der Waals surface area contributed by atoms with E-state index in [0.29, 0.717) is 5.82 Å². The first kappa shape index (κ1) is 31.5. The SMILES string of the molecule is CCCCC(C)=Nc1c(N)nc2cc(CCCN3CCN(CCOC(C)(C)CC(C)(C)C)CC3)ccc2c1C. The Morgan fingerprint density at radius 2 is 1.69 bits per heavy atom. The number of aliphatic imine (C=N–C) groups is 1. The van der Waals surface area contributed by atoms with Crippen LogP contribution in [0.3, 0.4) is 0 Å². The van der Waals surface area contributed by atoms with Crippen molar-refractivity contribution >= 4 is 28.1 Å². The average molecular weight is 538 g/mol. The molecule has 2 N–H and O–H groups in total. The second-order valence-corrected chi connectivity index (χ2v) is 13.4. The zero-order valence-electron chi connectivity index (χ0n) is 26.2. The molecule has 0 bridgehead atoms. The van der Waals surface area contributed by atoms with Crippen molar-refractivity contribution in [1.82, 2.24) is 14.8 Å². The van der Waals surface area contributed by atoms with E-state index in [2.05, 4.69) is 83.4 Å². The van der Waals surface area contributed by atoms with Crippen LogP contribution in [0.4, 0.5) is 11.5 Å². The quantitative estimate of drug-likeness (QED) is 0.274. The Morgan fingerprint density at radius 3 is 2.33 bits per heavy atom. The van der Waals surface area contributed by atoms with Crippen LogP contribution in [0.1, 0.15) is 91.7 Å². The van der Waals surface area contributed by atoms with Crippen molar-refractivity contribution < 1.29 is 4.74 Å². The van der Waals surface area contributed by atoms with Crippen LogP contribution in [0.15, 0.2) is 23.2 Å². The fourth-order valence-corrected chi connectivity index (χ4v) is 5.99. The molecule has 3 rings (SSSR count). The largest absolute Gasteiger partial charge is 0.382 e. The van der Waals surface area contributed by atoms with Crippen LogP contribution in [0.5, 0.6) is 0 Å². The lowest BCUT2D eigenvalue weighted by Gasteiger charge is -2.36. The minimum atomic E-state index is -0.0632. The van der Waals surface area contributed by atoms with Crippen molar-refractivity contribution in [1.29, 1.82) is 0 Å². The predicted octanol–water partition coefficient (Wildman–Crippen LogP) is 7.19. The number of pyridine rings is 1. The monoisotopic (exact) mass is 537 g/mol. The Labute approximate surface area is 238 Å². The molecule has 1 aromatic heterocycles. The molecule has 6 heteroatoms. The van der Waals surface area contributed by atoms with Crippen molar-refractivity contribution in [3.63, 3.8) is 0 Å². The number of unbranched alkanes of at least 4 members (excludes halogenated alkanes) is 1. The Hall–Kier alpha value is -2.02. The summed E-state index contributed by atoms with van der Waals surface area (Å²) in [5, 5.41) is 1.15. The van der Waals surface area contributed by atoms with Crippen LogP contribution in [0.25, 0.3) is 10.9 Å². The number of piperazine rings is 1. The van der Waals surface area contributed by atoms with Gasteiger partial charge in [-0.3, -0.25) is 9.89 Å². The summed E-state index contributed by atoms with van der Waals surface area (Å²) in [6, 6.07) is 6.68. The molecule has 0 saturated carbocycles.